The standard InChI is InChI=1S/C17H11F6NO2S/c18-16(19,20)13-7-9-14(10-8-13)27(25,26)24-11-3-5-12-4-1-2-6-15(12)17(21,22)23/h1-2,4,6-10,24H,11H2. The first-order chi connectivity index (χ1) is 12.4. The number of sulfonamides is 1. The van der Waals surface area contributed by atoms with Gasteiger partial charge in [-0.05, 0) is 36.4 Å². The molecular formula is C17H11F6NO2S. The molecule has 0 fully saturated rings. The Bertz CT molecular complexity index is 967. The van der Waals surface area contributed by atoms with Gasteiger partial charge in [-0.15, -0.1) is 0 Å². The van der Waals surface area contributed by atoms with Crippen molar-refractivity contribution in [1.29, 1.82) is 0 Å². The van der Waals surface area contributed by atoms with Gasteiger partial charge in [-0.25, -0.2) is 8.42 Å². The van der Waals surface area contributed by atoms with Crippen molar-refractivity contribution < 1.29 is 34.8 Å². The van der Waals surface area contributed by atoms with Crippen molar-refractivity contribution >= 4 is 10.0 Å². The van der Waals surface area contributed by atoms with Crippen molar-refractivity contribution in [3.8, 4) is 11.8 Å². The van der Waals surface area contributed by atoms with E-state index in [-0.39, 0.29) is 5.56 Å². The fourth-order valence-electron chi connectivity index (χ4n) is 2.02. The number of hydrogen-bond donors (Lipinski definition) is 1. The van der Waals surface area contributed by atoms with Crippen LogP contribution in [0.4, 0.5) is 26.3 Å². The zero-order chi connectivity index (χ0) is 20.3. The minimum atomic E-state index is -4.61. The Hall–Kier alpha value is -2.51. The predicted octanol–water partition coefficient (Wildman–Crippen LogP) is 4.05. The van der Waals surface area contributed by atoms with E-state index in [0.717, 1.165) is 24.3 Å². The molecule has 1 N–H and O–H groups in total. The van der Waals surface area contributed by atoms with Crippen LogP contribution in [0.2, 0.25) is 0 Å². The molecule has 0 amide bonds. The second-order valence-corrected chi connectivity index (χ2v) is 6.96. The quantitative estimate of drug-likeness (QED) is 0.616. The Balaban J connectivity index is 2.11. The van der Waals surface area contributed by atoms with E-state index in [1.165, 1.54) is 12.1 Å². The number of hydrogen-bond acceptors (Lipinski definition) is 2. The van der Waals surface area contributed by atoms with Crippen molar-refractivity contribution in [3.63, 3.8) is 0 Å². The second-order valence-electron chi connectivity index (χ2n) is 5.19. The van der Waals surface area contributed by atoms with Crippen LogP contribution in [0.25, 0.3) is 0 Å². The summed E-state index contributed by atoms with van der Waals surface area (Å²) in [7, 11) is -4.16. The van der Waals surface area contributed by atoms with Crippen LogP contribution in [-0.4, -0.2) is 15.0 Å². The zero-order valence-electron chi connectivity index (χ0n) is 13.3. The highest BCUT2D eigenvalue weighted by Gasteiger charge is 2.32. The fraction of sp³-hybridized carbons (Fsp3) is 0.176. The molecule has 2 aromatic carbocycles. The first-order valence-corrected chi connectivity index (χ1v) is 8.71. The van der Waals surface area contributed by atoms with Crippen molar-refractivity contribution in [1.82, 2.24) is 4.72 Å². The van der Waals surface area contributed by atoms with E-state index >= 15 is 0 Å². The van der Waals surface area contributed by atoms with Crippen LogP contribution in [0.15, 0.2) is 53.4 Å². The van der Waals surface area contributed by atoms with Gasteiger partial charge in [0.25, 0.3) is 0 Å². The fourth-order valence-corrected chi connectivity index (χ4v) is 2.94. The molecule has 0 heterocycles. The lowest BCUT2D eigenvalue weighted by atomic mass is 10.1. The summed E-state index contributed by atoms with van der Waals surface area (Å²) >= 11 is 0. The van der Waals surface area contributed by atoms with Gasteiger partial charge in [-0.3, -0.25) is 0 Å². The maximum Gasteiger partial charge on any atom is 0.417 e. The summed E-state index contributed by atoms with van der Waals surface area (Å²) in [6, 6.07) is 7.30. The number of rotatable bonds is 3. The highest BCUT2D eigenvalue weighted by molar-refractivity contribution is 7.89. The van der Waals surface area contributed by atoms with Gasteiger partial charge in [-0.2, -0.15) is 31.1 Å². The van der Waals surface area contributed by atoms with Gasteiger partial charge in [-0.1, -0.05) is 24.0 Å². The maximum absolute atomic E-state index is 12.8. The van der Waals surface area contributed by atoms with E-state index in [1.54, 1.807) is 0 Å². The van der Waals surface area contributed by atoms with E-state index in [4.69, 9.17) is 0 Å². The van der Waals surface area contributed by atoms with Crippen LogP contribution in [0.1, 0.15) is 16.7 Å². The van der Waals surface area contributed by atoms with E-state index in [0.29, 0.717) is 12.1 Å². The molecule has 3 nitrogen and oxygen atoms in total. The summed E-state index contributed by atoms with van der Waals surface area (Å²) in [6.45, 7) is -0.518. The molecular weight excluding hydrogens is 396 g/mol. The molecule has 0 aliphatic carbocycles. The van der Waals surface area contributed by atoms with E-state index in [2.05, 4.69) is 11.8 Å². The molecule has 10 heteroatoms. The molecule has 144 valence electrons. The average Bonchev–Trinajstić information content (AvgIpc) is 2.57. The SMILES string of the molecule is O=S(=O)(NCC#Cc1ccccc1C(F)(F)F)c1ccc(C(F)(F)F)cc1. The van der Waals surface area contributed by atoms with Gasteiger partial charge in [0.15, 0.2) is 0 Å². The molecule has 0 bridgehead atoms. The average molecular weight is 407 g/mol. The number of benzene rings is 2. The Morgan fingerprint density at radius 3 is 2.00 bits per heavy atom. The molecule has 0 spiro atoms. The van der Waals surface area contributed by atoms with Crippen molar-refractivity contribution in [2.75, 3.05) is 6.54 Å². The first-order valence-electron chi connectivity index (χ1n) is 7.23. The Labute approximate surface area is 151 Å². The third kappa shape index (κ3) is 5.48. The molecule has 0 radical (unpaired) electrons. The van der Waals surface area contributed by atoms with Gasteiger partial charge in [0.2, 0.25) is 10.0 Å². The Morgan fingerprint density at radius 1 is 0.852 bits per heavy atom. The summed E-state index contributed by atoms with van der Waals surface area (Å²) in [5.41, 5.74) is -2.29. The van der Waals surface area contributed by atoms with Crippen LogP contribution < -0.4 is 4.72 Å². The Kier molecular flexibility index (Phi) is 5.87. The van der Waals surface area contributed by atoms with Crippen molar-refractivity contribution in [2.45, 2.75) is 17.2 Å². The molecule has 27 heavy (non-hydrogen) atoms. The first kappa shape index (κ1) is 20.8. The monoisotopic (exact) mass is 407 g/mol. The van der Waals surface area contributed by atoms with Crippen LogP contribution in [0.5, 0.6) is 0 Å². The van der Waals surface area contributed by atoms with Gasteiger partial charge in [0.05, 0.1) is 22.6 Å². The summed E-state index contributed by atoms with van der Waals surface area (Å²) in [6.07, 6.45) is -9.21. The van der Waals surface area contributed by atoms with E-state index < -0.39 is 44.9 Å². The minimum absolute atomic E-state index is 0.321. The largest absolute Gasteiger partial charge is 0.417 e. The van der Waals surface area contributed by atoms with Crippen molar-refractivity contribution in [2.24, 2.45) is 0 Å². The van der Waals surface area contributed by atoms with E-state index in [1.807, 2.05) is 4.72 Å². The van der Waals surface area contributed by atoms with Gasteiger partial charge < -0.3 is 0 Å². The summed E-state index contributed by atoms with van der Waals surface area (Å²) in [4.78, 5) is -0.423. The topological polar surface area (TPSA) is 46.2 Å². The third-order valence-electron chi connectivity index (χ3n) is 3.30. The summed E-state index contributed by atoms with van der Waals surface area (Å²) < 4.78 is 102. The Morgan fingerprint density at radius 2 is 1.44 bits per heavy atom. The molecule has 0 aromatic heterocycles. The number of halogens is 6. The minimum Gasteiger partial charge on any atom is -0.207 e. The lowest BCUT2D eigenvalue weighted by Gasteiger charge is -2.08. The highest BCUT2D eigenvalue weighted by Crippen LogP contribution is 2.31. The van der Waals surface area contributed by atoms with Crippen LogP contribution in [0.3, 0.4) is 0 Å². The summed E-state index contributed by atoms with van der Waals surface area (Å²) in [5.74, 6) is 4.48. The van der Waals surface area contributed by atoms with Gasteiger partial charge in [0.1, 0.15) is 0 Å². The summed E-state index contributed by atoms with van der Waals surface area (Å²) in [5, 5.41) is 0. The molecule has 0 atom stereocenters. The number of nitrogens with one attached hydrogen (secondary N) is 1. The second kappa shape index (κ2) is 7.62. The smallest absolute Gasteiger partial charge is 0.207 e. The molecule has 2 aromatic rings. The molecule has 0 saturated heterocycles. The molecule has 0 saturated carbocycles. The molecule has 0 unspecified atom stereocenters. The van der Waals surface area contributed by atoms with Crippen LogP contribution >= 0.6 is 0 Å². The maximum atomic E-state index is 12.8. The van der Waals surface area contributed by atoms with Crippen LogP contribution in [0, 0.1) is 11.8 Å². The molecule has 0 aliphatic rings. The molecule has 2 rings (SSSR count). The van der Waals surface area contributed by atoms with Crippen molar-refractivity contribution in [3.05, 3.63) is 65.2 Å². The normalized spacial score (nSPS) is 12.4. The van der Waals surface area contributed by atoms with E-state index in [9.17, 15) is 34.8 Å². The number of alkyl halides is 6. The third-order valence-corrected chi connectivity index (χ3v) is 4.72. The highest BCUT2D eigenvalue weighted by atomic mass is 32.2. The lowest BCUT2D eigenvalue weighted by molar-refractivity contribution is -0.138. The lowest BCUT2D eigenvalue weighted by Crippen LogP contribution is -2.24. The van der Waals surface area contributed by atoms with Gasteiger partial charge in [0, 0.05) is 5.56 Å². The molecule has 0 aliphatic heterocycles. The predicted molar refractivity (Wildman–Crippen MR) is 85.0 cm³/mol. The van der Waals surface area contributed by atoms with Crippen LogP contribution in [-0.2, 0) is 22.4 Å². The van der Waals surface area contributed by atoms with Gasteiger partial charge >= 0.3 is 12.4 Å². The zero-order valence-corrected chi connectivity index (χ0v) is 14.1.